The first-order chi connectivity index (χ1) is 14.1. The molecule has 1 aromatic heterocycles. The summed E-state index contributed by atoms with van der Waals surface area (Å²) >= 11 is 0. The Morgan fingerprint density at radius 1 is 1.17 bits per heavy atom. The molecule has 1 aromatic carbocycles. The van der Waals surface area contributed by atoms with Crippen molar-refractivity contribution in [2.75, 3.05) is 20.1 Å². The van der Waals surface area contributed by atoms with Gasteiger partial charge in [0.05, 0.1) is 6.04 Å². The Balaban J connectivity index is 1.66. The van der Waals surface area contributed by atoms with E-state index in [1.54, 1.807) is 19.0 Å². The van der Waals surface area contributed by atoms with Crippen molar-refractivity contribution in [3.8, 4) is 0 Å². The molecule has 2 aromatic rings. The molecule has 0 spiro atoms. The summed E-state index contributed by atoms with van der Waals surface area (Å²) in [5.74, 6) is -0.873. The number of primary amides is 1. The maximum Gasteiger partial charge on any atom is 0.265 e. The highest BCUT2D eigenvalue weighted by molar-refractivity contribution is 7.89. The Morgan fingerprint density at radius 3 is 2.30 bits per heavy atom. The minimum atomic E-state index is -3.75. The average Bonchev–Trinajstić information content (AvgIpc) is 3.15. The van der Waals surface area contributed by atoms with Crippen molar-refractivity contribution < 1.29 is 18.0 Å². The van der Waals surface area contributed by atoms with Crippen LogP contribution in [0.5, 0.6) is 0 Å². The van der Waals surface area contributed by atoms with Crippen LogP contribution in [0.1, 0.15) is 41.9 Å². The van der Waals surface area contributed by atoms with E-state index in [0.29, 0.717) is 12.8 Å². The lowest BCUT2D eigenvalue weighted by Crippen LogP contribution is -2.43. The topological polar surface area (TPSA) is 106 Å². The number of piperidine rings is 1. The SMILES string of the molecule is CC(c1ccccc1)N(C)C(=O)C1CCN(S(=O)(=O)c2cc(C(N)=O)n(C)c2)CC1. The quantitative estimate of drug-likeness (QED) is 0.750. The highest BCUT2D eigenvalue weighted by Crippen LogP contribution is 2.28. The normalized spacial score (nSPS) is 16.9. The Labute approximate surface area is 177 Å². The number of hydrogen-bond acceptors (Lipinski definition) is 4. The van der Waals surface area contributed by atoms with Crippen LogP contribution in [0.15, 0.2) is 47.5 Å². The number of nitrogens with two attached hydrogens (primary N) is 1. The van der Waals surface area contributed by atoms with E-state index >= 15 is 0 Å². The van der Waals surface area contributed by atoms with Crippen molar-refractivity contribution in [2.45, 2.75) is 30.7 Å². The van der Waals surface area contributed by atoms with Gasteiger partial charge in [-0.25, -0.2) is 8.42 Å². The molecule has 0 saturated carbocycles. The van der Waals surface area contributed by atoms with Crippen LogP contribution in [-0.2, 0) is 21.9 Å². The smallest absolute Gasteiger partial charge is 0.265 e. The lowest BCUT2D eigenvalue weighted by molar-refractivity contribution is -0.137. The number of aryl methyl sites for hydroxylation is 1. The van der Waals surface area contributed by atoms with Crippen LogP contribution in [0.3, 0.4) is 0 Å². The van der Waals surface area contributed by atoms with Gasteiger partial charge in [-0.15, -0.1) is 0 Å². The molecule has 0 aliphatic carbocycles. The van der Waals surface area contributed by atoms with E-state index in [9.17, 15) is 18.0 Å². The van der Waals surface area contributed by atoms with E-state index in [0.717, 1.165) is 5.56 Å². The molecule has 2 amide bonds. The zero-order valence-electron chi connectivity index (χ0n) is 17.5. The first kappa shape index (κ1) is 22.0. The molecule has 1 aliphatic heterocycles. The summed E-state index contributed by atoms with van der Waals surface area (Å²) in [6, 6.07) is 11.0. The van der Waals surface area contributed by atoms with E-state index in [1.807, 2.05) is 37.3 Å². The highest BCUT2D eigenvalue weighted by atomic mass is 32.2. The molecule has 8 nitrogen and oxygen atoms in total. The minimum absolute atomic E-state index is 0.0270. The first-order valence-electron chi connectivity index (χ1n) is 9.91. The van der Waals surface area contributed by atoms with Crippen LogP contribution in [0.4, 0.5) is 0 Å². The van der Waals surface area contributed by atoms with E-state index in [2.05, 4.69) is 0 Å². The maximum absolute atomic E-state index is 13.0. The second-order valence-electron chi connectivity index (χ2n) is 7.75. The van der Waals surface area contributed by atoms with Crippen LogP contribution in [-0.4, -0.2) is 54.1 Å². The predicted molar refractivity (Wildman–Crippen MR) is 113 cm³/mol. The monoisotopic (exact) mass is 432 g/mol. The van der Waals surface area contributed by atoms with Crippen molar-refractivity contribution in [1.82, 2.24) is 13.8 Å². The van der Waals surface area contributed by atoms with Gasteiger partial charge in [-0.1, -0.05) is 30.3 Å². The zero-order chi connectivity index (χ0) is 22.1. The number of carbonyl (C=O) groups is 2. The van der Waals surface area contributed by atoms with Gasteiger partial charge >= 0.3 is 0 Å². The standard InChI is InChI=1S/C21H28N4O4S/c1-15(16-7-5-4-6-8-16)24(3)21(27)17-9-11-25(12-10-17)30(28,29)18-13-19(20(22)26)23(2)14-18/h4-8,13-15,17H,9-12H2,1-3H3,(H2,22,26). The zero-order valence-corrected chi connectivity index (χ0v) is 18.3. The molecule has 2 N–H and O–H groups in total. The van der Waals surface area contributed by atoms with Gasteiger partial charge in [-0.3, -0.25) is 9.59 Å². The molecular formula is C21H28N4O4S. The molecule has 1 aliphatic rings. The van der Waals surface area contributed by atoms with E-state index in [1.165, 1.54) is 21.1 Å². The number of amides is 2. The van der Waals surface area contributed by atoms with Gasteiger partial charge in [0.1, 0.15) is 10.6 Å². The molecule has 162 valence electrons. The lowest BCUT2D eigenvalue weighted by Gasteiger charge is -2.34. The third-order valence-electron chi connectivity index (χ3n) is 5.88. The number of nitrogens with zero attached hydrogens (tertiary/aromatic N) is 3. The third kappa shape index (κ3) is 4.27. The van der Waals surface area contributed by atoms with Crippen LogP contribution in [0, 0.1) is 5.92 Å². The molecule has 1 fully saturated rings. The molecule has 3 rings (SSSR count). The summed E-state index contributed by atoms with van der Waals surface area (Å²) in [6.45, 7) is 2.50. The summed E-state index contributed by atoms with van der Waals surface area (Å²) in [4.78, 5) is 26.2. The Kier molecular flexibility index (Phi) is 6.33. The predicted octanol–water partition coefficient (Wildman–Crippen LogP) is 1.74. The number of rotatable bonds is 6. The fourth-order valence-electron chi connectivity index (χ4n) is 3.85. The van der Waals surface area contributed by atoms with Crippen LogP contribution in [0.2, 0.25) is 0 Å². The fraction of sp³-hybridized carbons (Fsp3) is 0.429. The van der Waals surface area contributed by atoms with E-state index in [-0.39, 0.29) is 41.5 Å². The summed E-state index contributed by atoms with van der Waals surface area (Å²) in [6.07, 6.45) is 2.31. The highest BCUT2D eigenvalue weighted by Gasteiger charge is 2.35. The summed E-state index contributed by atoms with van der Waals surface area (Å²) < 4.78 is 28.7. The lowest BCUT2D eigenvalue weighted by atomic mass is 9.95. The van der Waals surface area contributed by atoms with Crippen LogP contribution < -0.4 is 5.73 Å². The average molecular weight is 433 g/mol. The van der Waals surface area contributed by atoms with Gasteiger partial charge in [0, 0.05) is 39.3 Å². The number of benzene rings is 1. The van der Waals surface area contributed by atoms with Gasteiger partial charge in [-0.05, 0) is 31.4 Å². The first-order valence-corrected chi connectivity index (χ1v) is 11.3. The van der Waals surface area contributed by atoms with Gasteiger partial charge in [-0.2, -0.15) is 4.31 Å². The van der Waals surface area contributed by atoms with Gasteiger partial charge in [0.25, 0.3) is 5.91 Å². The number of carbonyl (C=O) groups excluding carboxylic acids is 2. The van der Waals surface area contributed by atoms with Crippen molar-refractivity contribution >= 4 is 21.8 Å². The second kappa shape index (κ2) is 8.61. The molecule has 1 atom stereocenters. The van der Waals surface area contributed by atoms with E-state index < -0.39 is 15.9 Å². The van der Waals surface area contributed by atoms with E-state index in [4.69, 9.17) is 5.73 Å². The van der Waals surface area contributed by atoms with Gasteiger partial charge in [0.2, 0.25) is 15.9 Å². The van der Waals surface area contributed by atoms with Crippen LogP contribution in [0.25, 0.3) is 0 Å². The van der Waals surface area contributed by atoms with Crippen molar-refractivity contribution in [1.29, 1.82) is 0 Å². The third-order valence-corrected chi connectivity index (χ3v) is 7.75. The molecule has 0 bridgehead atoms. The second-order valence-corrected chi connectivity index (χ2v) is 9.69. The van der Waals surface area contributed by atoms with Crippen molar-refractivity contribution in [3.05, 3.63) is 53.9 Å². The van der Waals surface area contributed by atoms with Crippen molar-refractivity contribution in [3.63, 3.8) is 0 Å². The molecule has 1 saturated heterocycles. The molecular weight excluding hydrogens is 404 g/mol. The molecule has 2 heterocycles. The summed E-state index contributed by atoms with van der Waals surface area (Å²) in [5, 5.41) is 0. The summed E-state index contributed by atoms with van der Waals surface area (Å²) in [7, 11) is -0.379. The van der Waals surface area contributed by atoms with Crippen molar-refractivity contribution in [2.24, 2.45) is 18.7 Å². The molecule has 1 unspecified atom stereocenters. The largest absolute Gasteiger partial charge is 0.364 e. The molecule has 30 heavy (non-hydrogen) atoms. The molecule has 9 heteroatoms. The van der Waals surface area contributed by atoms with Gasteiger partial charge < -0.3 is 15.2 Å². The minimum Gasteiger partial charge on any atom is -0.364 e. The Morgan fingerprint density at radius 2 is 1.77 bits per heavy atom. The van der Waals surface area contributed by atoms with Gasteiger partial charge in [0.15, 0.2) is 0 Å². The number of sulfonamides is 1. The fourth-order valence-corrected chi connectivity index (χ4v) is 5.39. The number of hydrogen-bond donors (Lipinski definition) is 1. The van der Waals surface area contributed by atoms with Crippen LogP contribution >= 0.6 is 0 Å². The summed E-state index contributed by atoms with van der Waals surface area (Å²) in [5.41, 5.74) is 6.48. The molecule has 0 radical (unpaired) electrons. The Hall–Kier alpha value is -2.65. The Bertz CT molecular complexity index is 1020. The maximum atomic E-state index is 13.0. The number of aromatic nitrogens is 1.